The monoisotopic (exact) mass is 546 g/mol. The summed E-state index contributed by atoms with van der Waals surface area (Å²) in [6.45, 7) is 0.646. The molecule has 2 amide bonds. The van der Waals surface area contributed by atoms with Crippen LogP contribution < -0.4 is 20.5 Å². The van der Waals surface area contributed by atoms with Crippen LogP contribution in [0.25, 0.3) is 11.1 Å². The lowest BCUT2D eigenvalue weighted by atomic mass is 10.00. The van der Waals surface area contributed by atoms with Gasteiger partial charge in [-0.3, -0.25) is 30.0 Å². The van der Waals surface area contributed by atoms with Gasteiger partial charge < -0.3 is 15.2 Å². The number of methoxy groups -OCH3 is 1. The smallest absolute Gasteiger partial charge is 0.280 e. The molecule has 1 aliphatic heterocycles. The fourth-order valence-electron chi connectivity index (χ4n) is 3.82. The van der Waals surface area contributed by atoms with E-state index in [0.29, 0.717) is 31.9 Å². The Morgan fingerprint density at radius 1 is 1.32 bits per heavy atom. The second-order valence-electron chi connectivity index (χ2n) is 8.85. The molecule has 2 aliphatic carbocycles. The van der Waals surface area contributed by atoms with Gasteiger partial charge in [-0.25, -0.2) is 13.8 Å². The highest BCUT2D eigenvalue weighted by Crippen LogP contribution is 2.44. The minimum atomic E-state index is -2.81. The molecule has 38 heavy (non-hydrogen) atoms. The van der Waals surface area contributed by atoms with Gasteiger partial charge in [0.15, 0.2) is 5.04 Å². The number of carbonyl (C=O) groups excluding carboxylic acids is 2. The summed E-state index contributed by atoms with van der Waals surface area (Å²) in [4.78, 5) is 34.1. The van der Waals surface area contributed by atoms with Gasteiger partial charge in [0.25, 0.3) is 18.2 Å². The Hall–Kier alpha value is -3.60. The van der Waals surface area contributed by atoms with Crippen molar-refractivity contribution in [3.05, 3.63) is 35.8 Å². The van der Waals surface area contributed by atoms with Crippen molar-refractivity contribution < 1.29 is 29.3 Å². The van der Waals surface area contributed by atoms with E-state index in [2.05, 4.69) is 21.8 Å². The Morgan fingerprint density at radius 3 is 2.63 bits per heavy atom. The van der Waals surface area contributed by atoms with E-state index in [9.17, 15) is 18.4 Å². The Kier molecular flexibility index (Phi) is 8.25. The first kappa shape index (κ1) is 27.4. The van der Waals surface area contributed by atoms with Crippen LogP contribution in [-0.2, 0) is 9.53 Å². The summed E-state index contributed by atoms with van der Waals surface area (Å²) in [5, 5.41) is 12.4. The molecule has 13 heteroatoms. The second-order valence-corrected chi connectivity index (χ2v) is 9.50. The highest BCUT2D eigenvalue weighted by atomic mass is 32.2. The first-order chi connectivity index (χ1) is 18.2. The lowest BCUT2D eigenvalue weighted by Gasteiger charge is -2.32. The number of halogens is 2. The number of aromatic nitrogens is 2. The van der Waals surface area contributed by atoms with Crippen LogP contribution in [-0.4, -0.2) is 52.7 Å². The van der Waals surface area contributed by atoms with Gasteiger partial charge in [0, 0.05) is 24.7 Å². The molecule has 1 spiro atoms. The number of carbonyl (C=O) groups is 2. The van der Waals surface area contributed by atoms with Gasteiger partial charge in [-0.05, 0) is 55.7 Å². The summed E-state index contributed by atoms with van der Waals surface area (Å²) in [6.07, 6.45) is 3.27. The van der Waals surface area contributed by atoms with Crippen molar-refractivity contribution in [3.63, 3.8) is 0 Å². The Bertz CT molecular complexity index is 1330. The van der Waals surface area contributed by atoms with E-state index in [0.717, 1.165) is 24.2 Å². The number of hydrogen-bond donors (Lipinski definition) is 3. The molecule has 0 aromatic carbocycles. The molecular formula is C25H28F2N6O4S. The summed E-state index contributed by atoms with van der Waals surface area (Å²) in [6, 6.07) is 2.62. The Balaban J connectivity index is 0.000000359. The van der Waals surface area contributed by atoms with Crippen LogP contribution in [0.3, 0.4) is 0 Å². The number of morpholine rings is 1. The number of anilines is 1. The van der Waals surface area contributed by atoms with E-state index in [1.54, 1.807) is 0 Å². The van der Waals surface area contributed by atoms with E-state index in [4.69, 9.17) is 25.8 Å². The maximum Gasteiger partial charge on any atom is 0.280 e. The third kappa shape index (κ3) is 6.09. The van der Waals surface area contributed by atoms with Crippen molar-refractivity contribution in [1.82, 2.24) is 9.97 Å². The first-order valence-electron chi connectivity index (χ1n) is 11.7. The van der Waals surface area contributed by atoms with Crippen LogP contribution in [0.5, 0.6) is 5.75 Å². The molecule has 0 unspecified atom stereocenters. The number of primary amides is 1. The highest BCUT2D eigenvalue weighted by molar-refractivity contribution is 8.12. The molecule has 3 heterocycles. The van der Waals surface area contributed by atoms with Gasteiger partial charge in [0.1, 0.15) is 22.9 Å². The number of alkyl halides is 2. The van der Waals surface area contributed by atoms with Crippen molar-refractivity contribution in [3.8, 4) is 28.7 Å². The van der Waals surface area contributed by atoms with E-state index in [1.165, 1.54) is 37.1 Å². The van der Waals surface area contributed by atoms with E-state index < -0.39 is 23.6 Å². The Labute approximate surface area is 223 Å². The number of amides is 2. The SMILES string of the molecule is COc1cnc(C(F)F)cc1-c1cc(N2CCOC3(CC3)C2=O)ncc1C(N)=O.N=C(C#CC1CC1)SN.[HH]. The van der Waals surface area contributed by atoms with Crippen LogP contribution in [0.15, 0.2) is 24.5 Å². The third-order valence-electron chi connectivity index (χ3n) is 6.17. The van der Waals surface area contributed by atoms with E-state index in [1.807, 2.05) is 0 Å². The van der Waals surface area contributed by atoms with Gasteiger partial charge in [0.05, 0.1) is 32.0 Å². The maximum absolute atomic E-state index is 13.2. The van der Waals surface area contributed by atoms with Gasteiger partial charge in [-0.2, -0.15) is 0 Å². The zero-order valence-electron chi connectivity index (χ0n) is 20.5. The topological polar surface area (TPSA) is 158 Å². The van der Waals surface area contributed by atoms with Crippen LogP contribution in [0, 0.1) is 23.2 Å². The van der Waals surface area contributed by atoms with Gasteiger partial charge >= 0.3 is 0 Å². The summed E-state index contributed by atoms with van der Waals surface area (Å²) < 4.78 is 37.2. The van der Waals surface area contributed by atoms with Crippen LogP contribution in [0.1, 0.15) is 49.6 Å². The number of nitrogens with two attached hydrogens (primary N) is 2. The normalized spacial score (nSPS) is 17.3. The lowest BCUT2D eigenvalue weighted by Crippen LogP contribution is -2.49. The first-order valence-corrected chi connectivity index (χ1v) is 12.6. The predicted molar refractivity (Wildman–Crippen MR) is 140 cm³/mol. The molecule has 202 valence electrons. The molecule has 2 aromatic rings. The summed E-state index contributed by atoms with van der Waals surface area (Å²) >= 11 is 0.904. The number of pyridine rings is 2. The molecule has 0 radical (unpaired) electrons. The van der Waals surface area contributed by atoms with E-state index >= 15 is 0 Å². The summed E-state index contributed by atoms with van der Waals surface area (Å²) in [5.74, 6) is 5.63. The molecule has 2 saturated carbocycles. The third-order valence-corrected chi connectivity index (χ3v) is 6.51. The van der Waals surface area contributed by atoms with Crippen molar-refractivity contribution in [2.45, 2.75) is 37.7 Å². The molecule has 0 atom stereocenters. The van der Waals surface area contributed by atoms with Crippen molar-refractivity contribution in [1.29, 1.82) is 5.41 Å². The number of rotatable bonds is 5. The molecule has 3 fully saturated rings. The van der Waals surface area contributed by atoms with Crippen molar-refractivity contribution >= 4 is 34.6 Å². The van der Waals surface area contributed by atoms with Crippen molar-refractivity contribution in [2.75, 3.05) is 25.2 Å². The number of nitrogens with one attached hydrogen (secondary N) is 1. The van der Waals surface area contributed by atoms with Crippen molar-refractivity contribution in [2.24, 2.45) is 16.8 Å². The van der Waals surface area contributed by atoms with Gasteiger partial charge in [0.2, 0.25) is 0 Å². The summed E-state index contributed by atoms with van der Waals surface area (Å²) in [5.41, 5.74) is 4.65. The minimum Gasteiger partial charge on any atom is -0.494 e. The molecule has 5 N–H and O–H groups in total. The van der Waals surface area contributed by atoms with Crippen LogP contribution >= 0.6 is 11.9 Å². The number of hydrogen-bond acceptors (Lipinski definition) is 9. The second kappa shape index (κ2) is 11.4. The lowest BCUT2D eigenvalue weighted by molar-refractivity contribution is -0.137. The number of ether oxygens (including phenoxy) is 2. The van der Waals surface area contributed by atoms with Gasteiger partial charge in [-0.1, -0.05) is 5.92 Å². The Morgan fingerprint density at radius 2 is 2.05 bits per heavy atom. The molecule has 10 nitrogen and oxygen atoms in total. The average Bonchev–Trinajstić information content (AvgIpc) is 3.85. The molecule has 5 rings (SSSR count). The quantitative estimate of drug-likeness (QED) is 0.223. The molecular weight excluding hydrogens is 518 g/mol. The molecule has 1 saturated heterocycles. The summed E-state index contributed by atoms with van der Waals surface area (Å²) in [7, 11) is 1.36. The standard InChI is InChI=1S/C19H18F2N4O4.C6H8N2S.H2/c1-28-14-9-23-13(16(20)21)6-11(14)10-7-15(24-8-12(10)17(22)26)25-4-5-29-19(2-3-19)18(25)27;7-6(9-8)4-3-5-1-2-5;/h6-9,16H,2-5H2,1H3,(H2,22,26);5,7H,1-2,8H2;1H. The highest BCUT2D eigenvalue weighted by Gasteiger charge is 2.55. The van der Waals surface area contributed by atoms with Gasteiger partial charge in [-0.15, -0.1) is 0 Å². The van der Waals surface area contributed by atoms with E-state index in [-0.39, 0.29) is 40.6 Å². The molecule has 3 aliphatic rings. The zero-order chi connectivity index (χ0) is 27.4. The largest absolute Gasteiger partial charge is 0.494 e. The molecule has 0 bridgehead atoms. The molecule has 2 aromatic heterocycles. The minimum absolute atomic E-state index is 0. The zero-order valence-corrected chi connectivity index (χ0v) is 21.3. The van der Waals surface area contributed by atoms with Crippen LogP contribution in [0.2, 0.25) is 0 Å². The maximum atomic E-state index is 13.2. The fraction of sp³-hybridized carbons (Fsp3) is 0.400. The predicted octanol–water partition coefficient (Wildman–Crippen LogP) is 3.31. The number of nitrogens with zero attached hydrogens (tertiary/aromatic N) is 3. The fourth-order valence-corrected chi connectivity index (χ4v) is 3.94. The average molecular weight is 547 g/mol. The van der Waals surface area contributed by atoms with Crippen LogP contribution in [0.4, 0.5) is 14.6 Å².